The van der Waals surface area contributed by atoms with Gasteiger partial charge < -0.3 is 24.4 Å². The number of halogens is 3. The summed E-state index contributed by atoms with van der Waals surface area (Å²) in [6.07, 6.45) is -4.15. The van der Waals surface area contributed by atoms with Crippen LogP contribution >= 0.6 is 0 Å². The van der Waals surface area contributed by atoms with Gasteiger partial charge >= 0.3 is 12.3 Å². The summed E-state index contributed by atoms with van der Waals surface area (Å²) in [6, 6.07) is 5.66. The number of fused-ring (bicyclic) bond motifs is 1. The van der Waals surface area contributed by atoms with Gasteiger partial charge in [-0.05, 0) is 37.0 Å². The number of nitrogens with zero attached hydrogens (tertiary/aromatic N) is 1. The molecule has 0 atom stereocenters. The van der Waals surface area contributed by atoms with Crippen molar-refractivity contribution >= 4 is 12.0 Å². The van der Waals surface area contributed by atoms with Crippen molar-refractivity contribution in [2.45, 2.75) is 25.4 Å². The highest BCUT2D eigenvalue weighted by atomic mass is 19.4. The molecule has 0 bridgehead atoms. The standard InChI is InChI=1S/C19H23F3N2O5/c20-19(21,22)12-29-18(26)24-7-4-14(5-8-24)17(25)23-6-3-13-1-2-15-16(11-13)28-10-9-27-15/h1-2,11,14H,3-10,12H2,(H,23,25). The van der Waals surface area contributed by atoms with Crippen molar-refractivity contribution in [1.29, 1.82) is 0 Å². The number of hydrogen-bond acceptors (Lipinski definition) is 5. The van der Waals surface area contributed by atoms with Crippen LogP contribution in [0.1, 0.15) is 18.4 Å². The van der Waals surface area contributed by atoms with Gasteiger partial charge in [-0.25, -0.2) is 4.79 Å². The van der Waals surface area contributed by atoms with E-state index in [-0.39, 0.29) is 24.9 Å². The molecule has 29 heavy (non-hydrogen) atoms. The minimum atomic E-state index is -4.55. The second-order valence-corrected chi connectivity index (χ2v) is 6.95. The zero-order chi connectivity index (χ0) is 20.9. The van der Waals surface area contributed by atoms with Crippen LogP contribution in [-0.4, -0.2) is 62.5 Å². The highest BCUT2D eigenvalue weighted by Gasteiger charge is 2.32. The highest BCUT2D eigenvalue weighted by Crippen LogP contribution is 2.30. The Balaban J connectivity index is 1.37. The molecule has 160 valence electrons. The van der Waals surface area contributed by atoms with E-state index < -0.39 is 18.9 Å². The third kappa shape index (κ3) is 6.16. The van der Waals surface area contributed by atoms with Gasteiger partial charge in [0.15, 0.2) is 18.1 Å². The molecule has 7 nitrogen and oxygen atoms in total. The van der Waals surface area contributed by atoms with Gasteiger partial charge in [0.05, 0.1) is 0 Å². The van der Waals surface area contributed by atoms with E-state index in [0.717, 1.165) is 5.56 Å². The lowest BCUT2D eigenvalue weighted by molar-refractivity contribution is -0.162. The molecular formula is C19H23F3N2O5. The van der Waals surface area contributed by atoms with E-state index >= 15 is 0 Å². The lowest BCUT2D eigenvalue weighted by Crippen LogP contribution is -2.44. The third-order valence-corrected chi connectivity index (χ3v) is 4.80. The normalized spacial score (nSPS) is 17.0. The number of ether oxygens (including phenoxy) is 3. The minimum absolute atomic E-state index is 0.120. The van der Waals surface area contributed by atoms with Crippen LogP contribution in [-0.2, 0) is 16.0 Å². The Bertz CT molecular complexity index is 733. The molecule has 0 aromatic heterocycles. The van der Waals surface area contributed by atoms with E-state index in [2.05, 4.69) is 10.1 Å². The number of hydrogen-bond donors (Lipinski definition) is 1. The van der Waals surface area contributed by atoms with Crippen molar-refractivity contribution in [3.05, 3.63) is 23.8 Å². The van der Waals surface area contributed by atoms with Gasteiger partial charge in [0.25, 0.3) is 0 Å². The summed E-state index contributed by atoms with van der Waals surface area (Å²) in [7, 11) is 0. The van der Waals surface area contributed by atoms with Gasteiger partial charge in [0.1, 0.15) is 13.2 Å². The van der Waals surface area contributed by atoms with Crippen LogP contribution in [0, 0.1) is 5.92 Å². The van der Waals surface area contributed by atoms with Crippen molar-refractivity contribution in [2.75, 3.05) is 39.5 Å². The highest BCUT2D eigenvalue weighted by molar-refractivity contribution is 5.79. The van der Waals surface area contributed by atoms with E-state index in [1.54, 1.807) is 0 Å². The van der Waals surface area contributed by atoms with Crippen LogP contribution in [0.2, 0.25) is 0 Å². The predicted molar refractivity (Wildman–Crippen MR) is 95.8 cm³/mol. The largest absolute Gasteiger partial charge is 0.486 e. The molecule has 1 N–H and O–H groups in total. The number of rotatable bonds is 5. The third-order valence-electron chi connectivity index (χ3n) is 4.80. The molecule has 10 heteroatoms. The zero-order valence-corrected chi connectivity index (χ0v) is 15.8. The van der Waals surface area contributed by atoms with Gasteiger partial charge in [-0.1, -0.05) is 6.07 Å². The van der Waals surface area contributed by atoms with Crippen LogP contribution in [0.25, 0.3) is 0 Å². The molecule has 1 aromatic rings. The number of likely N-dealkylation sites (tertiary alicyclic amines) is 1. The number of carbonyl (C=O) groups excluding carboxylic acids is 2. The average Bonchev–Trinajstić information content (AvgIpc) is 2.71. The van der Waals surface area contributed by atoms with Crippen molar-refractivity contribution in [1.82, 2.24) is 10.2 Å². The van der Waals surface area contributed by atoms with E-state index in [0.29, 0.717) is 50.5 Å². The smallest absolute Gasteiger partial charge is 0.422 e. The Morgan fingerprint density at radius 3 is 2.52 bits per heavy atom. The molecule has 3 rings (SSSR count). The summed E-state index contributed by atoms with van der Waals surface area (Å²) in [5.74, 6) is 1.02. The van der Waals surface area contributed by atoms with Crippen molar-refractivity contribution in [3.63, 3.8) is 0 Å². The summed E-state index contributed by atoms with van der Waals surface area (Å²) < 4.78 is 51.6. The van der Waals surface area contributed by atoms with Gasteiger partial charge in [0, 0.05) is 25.6 Å². The number of piperidine rings is 1. The molecule has 2 heterocycles. The van der Waals surface area contributed by atoms with Crippen LogP contribution in [0.4, 0.5) is 18.0 Å². The Hall–Kier alpha value is -2.65. The molecule has 1 aromatic carbocycles. The quantitative estimate of drug-likeness (QED) is 0.798. The molecule has 0 unspecified atom stereocenters. The average molecular weight is 416 g/mol. The minimum Gasteiger partial charge on any atom is -0.486 e. The first-order valence-corrected chi connectivity index (χ1v) is 9.46. The SMILES string of the molecule is O=C(NCCc1ccc2c(c1)OCCO2)C1CCN(C(=O)OCC(F)(F)F)CC1. The summed E-state index contributed by atoms with van der Waals surface area (Å²) in [4.78, 5) is 25.2. The fourth-order valence-electron chi connectivity index (χ4n) is 3.28. The maximum Gasteiger partial charge on any atom is 0.422 e. The maximum absolute atomic E-state index is 12.3. The molecule has 2 aliphatic heterocycles. The van der Waals surface area contributed by atoms with E-state index in [9.17, 15) is 22.8 Å². The van der Waals surface area contributed by atoms with Gasteiger partial charge in [-0.15, -0.1) is 0 Å². The zero-order valence-electron chi connectivity index (χ0n) is 15.8. The Morgan fingerprint density at radius 2 is 1.83 bits per heavy atom. The Morgan fingerprint density at radius 1 is 1.14 bits per heavy atom. The molecular weight excluding hydrogens is 393 g/mol. The van der Waals surface area contributed by atoms with Crippen molar-refractivity contribution in [3.8, 4) is 11.5 Å². The maximum atomic E-state index is 12.3. The second kappa shape index (κ2) is 9.23. The number of alkyl halides is 3. The number of nitrogens with one attached hydrogen (secondary N) is 1. The van der Waals surface area contributed by atoms with Gasteiger partial charge in [-0.2, -0.15) is 13.2 Å². The number of benzene rings is 1. The van der Waals surface area contributed by atoms with Crippen LogP contribution in [0.15, 0.2) is 18.2 Å². The fraction of sp³-hybridized carbons (Fsp3) is 0.579. The van der Waals surface area contributed by atoms with E-state index in [1.165, 1.54) is 4.90 Å². The predicted octanol–water partition coefficient (Wildman–Crippen LogP) is 2.53. The second-order valence-electron chi connectivity index (χ2n) is 6.95. The fourth-order valence-corrected chi connectivity index (χ4v) is 3.28. The topological polar surface area (TPSA) is 77.1 Å². The van der Waals surface area contributed by atoms with Gasteiger partial charge in [0.2, 0.25) is 5.91 Å². The number of carbonyl (C=O) groups is 2. The molecule has 2 aliphatic rings. The van der Waals surface area contributed by atoms with Crippen molar-refractivity contribution < 1.29 is 37.0 Å². The monoisotopic (exact) mass is 416 g/mol. The molecule has 1 saturated heterocycles. The summed E-state index contributed by atoms with van der Waals surface area (Å²) in [6.45, 7) is 0.267. The molecule has 2 amide bonds. The summed E-state index contributed by atoms with van der Waals surface area (Å²) >= 11 is 0. The molecule has 1 fully saturated rings. The Labute approximate surface area is 166 Å². The van der Waals surface area contributed by atoms with E-state index in [4.69, 9.17) is 9.47 Å². The number of amides is 2. The van der Waals surface area contributed by atoms with Crippen LogP contribution < -0.4 is 14.8 Å². The first-order chi connectivity index (χ1) is 13.8. The lowest BCUT2D eigenvalue weighted by Gasteiger charge is -2.30. The van der Waals surface area contributed by atoms with Crippen molar-refractivity contribution in [2.24, 2.45) is 5.92 Å². The van der Waals surface area contributed by atoms with Crippen LogP contribution in [0.3, 0.4) is 0 Å². The molecule has 0 radical (unpaired) electrons. The first kappa shape index (κ1) is 21.1. The molecule has 0 aliphatic carbocycles. The van der Waals surface area contributed by atoms with Crippen LogP contribution in [0.5, 0.6) is 11.5 Å². The lowest BCUT2D eigenvalue weighted by atomic mass is 9.96. The summed E-state index contributed by atoms with van der Waals surface area (Å²) in [5, 5.41) is 2.88. The first-order valence-electron chi connectivity index (χ1n) is 9.46. The molecule has 0 saturated carbocycles. The summed E-state index contributed by atoms with van der Waals surface area (Å²) in [5.41, 5.74) is 1.01. The van der Waals surface area contributed by atoms with Gasteiger partial charge in [-0.3, -0.25) is 4.79 Å². The van der Waals surface area contributed by atoms with E-state index in [1.807, 2.05) is 18.2 Å². The molecule has 0 spiro atoms. The Kier molecular flexibility index (Phi) is 6.71.